The SMILES string of the molecule is CC[C@@H]1CN(Cc2ccc(OC)cc2O)CC[C@H]1CC(=O)N1CCOCC1. The average Bonchev–Trinajstić information content (AvgIpc) is 2.71. The fourth-order valence-electron chi connectivity index (χ4n) is 4.24. The van der Waals surface area contributed by atoms with Crippen molar-refractivity contribution in [3.63, 3.8) is 0 Å². The predicted octanol–water partition coefficient (Wildman–Crippen LogP) is 2.50. The first kappa shape index (κ1) is 20.0. The Labute approximate surface area is 162 Å². The molecular formula is C21H32N2O4. The molecule has 0 saturated carbocycles. The van der Waals surface area contributed by atoms with E-state index in [0.717, 1.165) is 51.1 Å². The van der Waals surface area contributed by atoms with E-state index in [1.165, 1.54) is 0 Å². The molecule has 27 heavy (non-hydrogen) atoms. The van der Waals surface area contributed by atoms with Gasteiger partial charge in [-0.05, 0) is 30.9 Å². The van der Waals surface area contributed by atoms with Crippen LogP contribution in [-0.4, -0.2) is 67.3 Å². The Morgan fingerprint density at radius 3 is 2.70 bits per heavy atom. The summed E-state index contributed by atoms with van der Waals surface area (Å²) >= 11 is 0. The molecule has 2 heterocycles. The molecular weight excluding hydrogens is 344 g/mol. The molecule has 1 N–H and O–H groups in total. The molecule has 2 aliphatic rings. The second kappa shape index (κ2) is 9.42. The number of morpholine rings is 1. The van der Waals surface area contributed by atoms with Crippen LogP contribution in [0.1, 0.15) is 31.7 Å². The largest absolute Gasteiger partial charge is 0.507 e. The van der Waals surface area contributed by atoms with Gasteiger partial charge in [-0.25, -0.2) is 0 Å². The quantitative estimate of drug-likeness (QED) is 0.827. The maximum atomic E-state index is 12.6. The summed E-state index contributed by atoms with van der Waals surface area (Å²) in [6, 6.07) is 5.49. The number of carbonyl (C=O) groups is 1. The van der Waals surface area contributed by atoms with E-state index < -0.39 is 0 Å². The van der Waals surface area contributed by atoms with Crippen molar-refractivity contribution in [3.05, 3.63) is 23.8 Å². The van der Waals surface area contributed by atoms with Crippen molar-refractivity contribution in [3.8, 4) is 11.5 Å². The third-order valence-electron chi connectivity index (χ3n) is 5.99. The number of ether oxygens (including phenoxy) is 2. The fraction of sp³-hybridized carbons (Fsp3) is 0.667. The lowest BCUT2D eigenvalue weighted by Crippen LogP contribution is -2.44. The average molecular weight is 376 g/mol. The number of hydrogen-bond donors (Lipinski definition) is 1. The molecule has 1 amide bonds. The number of phenolic OH excluding ortho intramolecular Hbond substituents is 1. The molecule has 150 valence electrons. The highest BCUT2D eigenvalue weighted by atomic mass is 16.5. The Morgan fingerprint density at radius 2 is 2.04 bits per heavy atom. The summed E-state index contributed by atoms with van der Waals surface area (Å²) in [5, 5.41) is 10.2. The lowest BCUT2D eigenvalue weighted by molar-refractivity contribution is -0.137. The Hall–Kier alpha value is -1.79. The van der Waals surface area contributed by atoms with Crippen LogP contribution in [0.2, 0.25) is 0 Å². The second-order valence-electron chi connectivity index (χ2n) is 7.64. The van der Waals surface area contributed by atoms with Gasteiger partial charge in [0.25, 0.3) is 0 Å². The van der Waals surface area contributed by atoms with Crippen molar-refractivity contribution in [2.75, 3.05) is 46.5 Å². The molecule has 3 rings (SSSR count). The van der Waals surface area contributed by atoms with Crippen LogP contribution in [0.3, 0.4) is 0 Å². The van der Waals surface area contributed by atoms with Gasteiger partial charge in [-0.2, -0.15) is 0 Å². The lowest BCUT2D eigenvalue weighted by Gasteiger charge is -2.39. The monoisotopic (exact) mass is 376 g/mol. The van der Waals surface area contributed by atoms with Crippen LogP contribution in [0.15, 0.2) is 18.2 Å². The highest BCUT2D eigenvalue weighted by Crippen LogP contribution is 2.32. The zero-order valence-electron chi connectivity index (χ0n) is 16.5. The van der Waals surface area contributed by atoms with Crippen LogP contribution < -0.4 is 4.74 Å². The van der Waals surface area contributed by atoms with Gasteiger partial charge in [0, 0.05) is 44.2 Å². The molecule has 6 nitrogen and oxygen atoms in total. The van der Waals surface area contributed by atoms with Gasteiger partial charge < -0.3 is 19.5 Å². The second-order valence-corrected chi connectivity index (χ2v) is 7.64. The zero-order valence-corrected chi connectivity index (χ0v) is 16.5. The third kappa shape index (κ3) is 5.14. The number of phenols is 1. The molecule has 1 aromatic carbocycles. The van der Waals surface area contributed by atoms with Gasteiger partial charge in [-0.15, -0.1) is 0 Å². The van der Waals surface area contributed by atoms with E-state index in [1.54, 1.807) is 13.2 Å². The number of piperidine rings is 1. The number of methoxy groups -OCH3 is 1. The van der Waals surface area contributed by atoms with Crippen LogP contribution in [0.4, 0.5) is 0 Å². The van der Waals surface area contributed by atoms with Gasteiger partial charge in [0.1, 0.15) is 11.5 Å². The van der Waals surface area contributed by atoms with E-state index in [-0.39, 0.29) is 11.7 Å². The Morgan fingerprint density at radius 1 is 1.26 bits per heavy atom. The van der Waals surface area contributed by atoms with Gasteiger partial charge in [-0.1, -0.05) is 19.4 Å². The minimum absolute atomic E-state index is 0.281. The van der Waals surface area contributed by atoms with Crippen molar-refractivity contribution >= 4 is 5.91 Å². The first-order valence-corrected chi connectivity index (χ1v) is 10.0. The summed E-state index contributed by atoms with van der Waals surface area (Å²) in [5.41, 5.74) is 0.925. The van der Waals surface area contributed by atoms with E-state index in [9.17, 15) is 9.90 Å². The molecule has 0 aromatic heterocycles. The minimum atomic E-state index is 0.281. The van der Waals surface area contributed by atoms with Gasteiger partial charge in [0.2, 0.25) is 5.91 Å². The third-order valence-corrected chi connectivity index (χ3v) is 5.99. The number of amides is 1. The molecule has 1 aromatic rings. The molecule has 0 spiro atoms. The van der Waals surface area contributed by atoms with Gasteiger partial charge in [0.05, 0.1) is 20.3 Å². The zero-order chi connectivity index (χ0) is 19.2. The number of aromatic hydroxyl groups is 1. The summed E-state index contributed by atoms with van der Waals surface area (Å²) < 4.78 is 10.5. The van der Waals surface area contributed by atoms with Crippen molar-refractivity contribution < 1.29 is 19.4 Å². The summed E-state index contributed by atoms with van der Waals surface area (Å²) in [7, 11) is 1.60. The van der Waals surface area contributed by atoms with Crippen molar-refractivity contribution in [2.45, 2.75) is 32.7 Å². The number of hydrogen-bond acceptors (Lipinski definition) is 5. The van der Waals surface area contributed by atoms with Crippen LogP contribution in [0, 0.1) is 11.8 Å². The number of rotatable bonds is 6. The minimum Gasteiger partial charge on any atom is -0.507 e. The summed E-state index contributed by atoms with van der Waals surface area (Å²) in [6.45, 7) is 7.66. The molecule has 0 bridgehead atoms. The van der Waals surface area contributed by atoms with Gasteiger partial charge >= 0.3 is 0 Å². The maximum absolute atomic E-state index is 12.6. The van der Waals surface area contributed by atoms with Crippen molar-refractivity contribution in [2.24, 2.45) is 11.8 Å². The van der Waals surface area contributed by atoms with Crippen LogP contribution >= 0.6 is 0 Å². The smallest absolute Gasteiger partial charge is 0.223 e. The lowest BCUT2D eigenvalue weighted by atomic mass is 9.81. The van der Waals surface area contributed by atoms with E-state index in [4.69, 9.17) is 9.47 Å². The molecule has 0 aliphatic carbocycles. The van der Waals surface area contributed by atoms with Crippen molar-refractivity contribution in [1.29, 1.82) is 0 Å². The van der Waals surface area contributed by atoms with E-state index in [2.05, 4.69) is 11.8 Å². The fourth-order valence-corrected chi connectivity index (χ4v) is 4.24. The van der Waals surface area contributed by atoms with Crippen molar-refractivity contribution in [1.82, 2.24) is 9.80 Å². The van der Waals surface area contributed by atoms with E-state index in [0.29, 0.717) is 37.2 Å². The highest BCUT2D eigenvalue weighted by Gasteiger charge is 2.31. The standard InChI is InChI=1S/C21H32N2O4/c1-3-16-14-22(15-18-4-5-19(26-2)13-20(18)24)7-6-17(16)12-21(25)23-8-10-27-11-9-23/h4-5,13,16-17,24H,3,6-12,14-15H2,1-2H3/t16-,17+/m1/s1. The predicted molar refractivity (Wildman–Crippen MR) is 104 cm³/mol. The number of nitrogens with zero attached hydrogens (tertiary/aromatic N) is 2. The first-order valence-electron chi connectivity index (χ1n) is 10.0. The number of benzene rings is 1. The van der Waals surface area contributed by atoms with Gasteiger partial charge in [-0.3, -0.25) is 9.69 Å². The molecule has 2 fully saturated rings. The number of carbonyl (C=O) groups excluding carboxylic acids is 1. The van der Waals surface area contributed by atoms with Gasteiger partial charge in [0.15, 0.2) is 0 Å². The molecule has 2 aliphatic heterocycles. The Kier molecular flexibility index (Phi) is 6.96. The topological polar surface area (TPSA) is 62.2 Å². The molecule has 0 radical (unpaired) electrons. The molecule has 2 atom stereocenters. The summed E-state index contributed by atoms with van der Waals surface area (Å²) in [5.74, 6) is 2.20. The highest BCUT2D eigenvalue weighted by molar-refractivity contribution is 5.76. The van der Waals surface area contributed by atoms with Crippen LogP contribution in [0.25, 0.3) is 0 Å². The molecule has 2 saturated heterocycles. The first-order chi connectivity index (χ1) is 13.1. The Balaban J connectivity index is 1.55. The van der Waals surface area contributed by atoms with Crippen LogP contribution in [0.5, 0.6) is 11.5 Å². The Bertz CT molecular complexity index is 631. The van der Waals surface area contributed by atoms with Crippen LogP contribution in [-0.2, 0) is 16.1 Å². The molecule has 6 heteroatoms. The maximum Gasteiger partial charge on any atom is 0.223 e. The number of likely N-dealkylation sites (tertiary alicyclic amines) is 1. The normalized spacial score (nSPS) is 24.0. The van der Waals surface area contributed by atoms with E-state index in [1.807, 2.05) is 17.0 Å². The summed E-state index contributed by atoms with van der Waals surface area (Å²) in [6.07, 6.45) is 2.76. The van der Waals surface area contributed by atoms with E-state index >= 15 is 0 Å². The molecule has 0 unspecified atom stereocenters. The summed E-state index contributed by atoms with van der Waals surface area (Å²) in [4.78, 5) is 17.0.